The number of hydrogen-bond donors (Lipinski definition) is 0. The van der Waals surface area contributed by atoms with Gasteiger partial charge in [0.2, 0.25) is 0 Å². The zero-order chi connectivity index (χ0) is 20.9. The lowest BCUT2D eigenvalue weighted by molar-refractivity contribution is -0.143. The number of anilines is 1. The largest absolute Gasteiger partial charge is 0.490 e. The average molecular weight is 392 g/mol. The van der Waals surface area contributed by atoms with Crippen molar-refractivity contribution in [1.82, 2.24) is 0 Å². The molecule has 0 fully saturated rings. The third kappa shape index (κ3) is 6.14. The van der Waals surface area contributed by atoms with Gasteiger partial charge in [0.1, 0.15) is 18.0 Å². The van der Waals surface area contributed by atoms with E-state index in [1.807, 2.05) is 45.9 Å². The van der Waals surface area contributed by atoms with Crippen molar-refractivity contribution >= 4 is 17.7 Å². The number of hydrogen-bond acceptors (Lipinski definition) is 5. The van der Waals surface area contributed by atoms with Crippen LogP contribution in [0.5, 0.6) is 5.75 Å². The number of carbonyl (C=O) groups is 2. The molecule has 1 aliphatic rings. The van der Waals surface area contributed by atoms with Crippen LogP contribution in [0.4, 0.5) is 10.5 Å². The molecule has 156 valence electrons. The van der Waals surface area contributed by atoms with E-state index in [0.717, 1.165) is 12.0 Å². The molecule has 1 aromatic rings. The lowest BCUT2D eigenvalue weighted by Gasteiger charge is -2.32. The molecule has 0 N–H and O–H groups in total. The molecule has 2 rings (SSSR count). The predicted molar refractivity (Wildman–Crippen MR) is 109 cm³/mol. The first-order valence-electron chi connectivity index (χ1n) is 10.0. The molecule has 6 nitrogen and oxygen atoms in total. The number of rotatable bonds is 6. The van der Waals surface area contributed by atoms with Gasteiger partial charge in [0, 0.05) is 0 Å². The van der Waals surface area contributed by atoms with Gasteiger partial charge in [-0.25, -0.2) is 4.79 Å². The highest BCUT2D eigenvalue weighted by molar-refractivity contribution is 5.90. The summed E-state index contributed by atoms with van der Waals surface area (Å²) in [6, 6.07) is 5.79. The number of esters is 1. The topological polar surface area (TPSA) is 65.1 Å². The maximum atomic E-state index is 12.5. The number of benzene rings is 1. The highest BCUT2D eigenvalue weighted by Gasteiger charge is 2.29. The van der Waals surface area contributed by atoms with Gasteiger partial charge >= 0.3 is 12.1 Å². The minimum Gasteiger partial charge on any atom is -0.490 e. The van der Waals surface area contributed by atoms with Crippen molar-refractivity contribution in [1.29, 1.82) is 0 Å². The van der Waals surface area contributed by atoms with Gasteiger partial charge in [-0.15, -0.1) is 0 Å². The Balaban J connectivity index is 2.26. The summed E-state index contributed by atoms with van der Waals surface area (Å²) in [5.41, 5.74) is 1.16. The van der Waals surface area contributed by atoms with Gasteiger partial charge in [0.05, 0.1) is 25.3 Å². The summed E-state index contributed by atoms with van der Waals surface area (Å²) < 4.78 is 16.5. The molecule has 1 aromatic carbocycles. The first-order chi connectivity index (χ1) is 13.1. The Morgan fingerprint density at radius 2 is 1.96 bits per heavy atom. The Labute approximate surface area is 168 Å². The molecule has 0 saturated heterocycles. The molecule has 0 radical (unpaired) electrons. The van der Waals surface area contributed by atoms with Crippen molar-refractivity contribution < 1.29 is 23.8 Å². The molecule has 0 aromatic heterocycles. The Morgan fingerprint density at radius 1 is 1.25 bits per heavy atom. The summed E-state index contributed by atoms with van der Waals surface area (Å²) in [6.07, 6.45) is 0.823. The van der Waals surface area contributed by atoms with E-state index in [2.05, 4.69) is 13.8 Å². The van der Waals surface area contributed by atoms with Crippen LogP contribution in [0.15, 0.2) is 18.2 Å². The fourth-order valence-electron chi connectivity index (χ4n) is 3.32. The molecule has 6 heteroatoms. The van der Waals surface area contributed by atoms with Gasteiger partial charge in [-0.05, 0) is 63.6 Å². The fourth-order valence-corrected chi connectivity index (χ4v) is 3.32. The molecule has 0 aliphatic carbocycles. The Kier molecular flexibility index (Phi) is 7.33. The lowest BCUT2D eigenvalue weighted by Crippen LogP contribution is -2.41. The van der Waals surface area contributed by atoms with Gasteiger partial charge in [-0.3, -0.25) is 9.69 Å². The number of ether oxygens (including phenoxy) is 3. The molecule has 28 heavy (non-hydrogen) atoms. The van der Waals surface area contributed by atoms with E-state index in [1.165, 1.54) is 0 Å². The van der Waals surface area contributed by atoms with Crippen molar-refractivity contribution in [3.63, 3.8) is 0 Å². The third-order valence-electron chi connectivity index (χ3n) is 4.41. The van der Waals surface area contributed by atoms with Crippen LogP contribution in [0.3, 0.4) is 0 Å². The molecule has 1 amide bonds. The Hall–Kier alpha value is -2.24. The molecule has 1 unspecified atom stereocenters. The second-order valence-electron chi connectivity index (χ2n) is 8.54. The van der Waals surface area contributed by atoms with Crippen LogP contribution in [0.25, 0.3) is 0 Å². The molecule has 0 spiro atoms. The summed E-state index contributed by atoms with van der Waals surface area (Å²) in [4.78, 5) is 26.2. The SMILES string of the molecule is CCOC(=O)CC(CC(C)C)c1ccc2c(c1)OCCN2C(=O)OC(C)(C)C. The summed E-state index contributed by atoms with van der Waals surface area (Å²) in [5, 5.41) is 0. The molecular weight excluding hydrogens is 358 g/mol. The van der Waals surface area contributed by atoms with E-state index < -0.39 is 5.60 Å². The van der Waals surface area contributed by atoms with Gasteiger partial charge in [-0.2, -0.15) is 0 Å². The minimum atomic E-state index is -0.558. The van der Waals surface area contributed by atoms with Crippen molar-refractivity contribution in [2.45, 2.75) is 65.9 Å². The second-order valence-corrected chi connectivity index (χ2v) is 8.54. The quantitative estimate of drug-likeness (QED) is 0.645. The molecule has 0 bridgehead atoms. The van der Waals surface area contributed by atoms with E-state index in [0.29, 0.717) is 43.5 Å². The number of fused-ring (bicyclic) bond motifs is 1. The lowest BCUT2D eigenvalue weighted by atomic mass is 9.87. The predicted octanol–water partition coefficient (Wildman–Crippen LogP) is 4.90. The Bertz CT molecular complexity index is 693. The van der Waals surface area contributed by atoms with Crippen molar-refractivity contribution in [2.24, 2.45) is 5.92 Å². The van der Waals surface area contributed by atoms with E-state index in [1.54, 1.807) is 4.90 Å². The summed E-state index contributed by atoms with van der Waals surface area (Å²) in [5.74, 6) is 0.939. The van der Waals surface area contributed by atoms with Crippen LogP contribution in [-0.2, 0) is 14.3 Å². The smallest absolute Gasteiger partial charge is 0.415 e. The summed E-state index contributed by atoms with van der Waals surface area (Å²) in [6.45, 7) is 12.9. The van der Waals surface area contributed by atoms with Crippen LogP contribution >= 0.6 is 0 Å². The van der Waals surface area contributed by atoms with Crippen molar-refractivity contribution in [3.8, 4) is 5.75 Å². The van der Waals surface area contributed by atoms with Gasteiger partial charge in [0.25, 0.3) is 0 Å². The highest BCUT2D eigenvalue weighted by Crippen LogP contribution is 2.37. The number of carbonyl (C=O) groups excluding carboxylic acids is 2. The number of nitrogens with zero attached hydrogens (tertiary/aromatic N) is 1. The van der Waals surface area contributed by atoms with Gasteiger partial charge in [-0.1, -0.05) is 19.9 Å². The van der Waals surface area contributed by atoms with Crippen molar-refractivity contribution in [2.75, 3.05) is 24.7 Å². The van der Waals surface area contributed by atoms with Crippen LogP contribution < -0.4 is 9.64 Å². The van der Waals surface area contributed by atoms with Gasteiger partial charge < -0.3 is 14.2 Å². The highest BCUT2D eigenvalue weighted by atomic mass is 16.6. The molecule has 0 saturated carbocycles. The Morgan fingerprint density at radius 3 is 2.57 bits per heavy atom. The normalized spacial score (nSPS) is 14.9. The van der Waals surface area contributed by atoms with Gasteiger partial charge in [0.15, 0.2) is 0 Å². The van der Waals surface area contributed by atoms with E-state index in [4.69, 9.17) is 14.2 Å². The third-order valence-corrected chi connectivity index (χ3v) is 4.41. The monoisotopic (exact) mass is 391 g/mol. The maximum absolute atomic E-state index is 12.5. The summed E-state index contributed by atoms with van der Waals surface area (Å²) >= 11 is 0. The molecule has 1 aliphatic heterocycles. The van der Waals surface area contributed by atoms with Crippen LogP contribution in [-0.4, -0.2) is 37.4 Å². The second kappa shape index (κ2) is 9.30. The van der Waals surface area contributed by atoms with Crippen LogP contribution in [0, 0.1) is 5.92 Å². The average Bonchev–Trinajstić information content (AvgIpc) is 2.58. The zero-order valence-electron chi connectivity index (χ0n) is 17.9. The van der Waals surface area contributed by atoms with E-state index in [-0.39, 0.29) is 18.0 Å². The standard InChI is InChI=1S/C22H33NO5/c1-7-26-20(24)14-17(12-15(2)3)16-8-9-18-19(13-16)27-11-10-23(18)21(25)28-22(4,5)6/h8-9,13,15,17H,7,10-12,14H2,1-6H3. The molecule has 1 atom stereocenters. The first kappa shape index (κ1) is 22.1. The summed E-state index contributed by atoms with van der Waals surface area (Å²) in [7, 11) is 0. The van der Waals surface area contributed by atoms with Crippen LogP contribution in [0.1, 0.15) is 65.9 Å². The van der Waals surface area contributed by atoms with Crippen LogP contribution in [0.2, 0.25) is 0 Å². The van der Waals surface area contributed by atoms with E-state index in [9.17, 15) is 9.59 Å². The van der Waals surface area contributed by atoms with Crippen molar-refractivity contribution in [3.05, 3.63) is 23.8 Å². The zero-order valence-corrected chi connectivity index (χ0v) is 17.9. The fraction of sp³-hybridized carbons (Fsp3) is 0.636. The van der Waals surface area contributed by atoms with E-state index >= 15 is 0 Å². The first-order valence-corrected chi connectivity index (χ1v) is 10.0. The molecular formula is C22H33NO5. The minimum absolute atomic E-state index is 0.0462. The number of amides is 1. The maximum Gasteiger partial charge on any atom is 0.415 e. The molecule has 1 heterocycles.